The lowest BCUT2D eigenvalue weighted by Gasteiger charge is -2.14. The Morgan fingerprint density at radius 1 is 1.08 bits per heavy atom. The van der Waals surface area contributed by atoms with E-state index in [-0.39, 0.29) is 5.78 Å². The first-order valence-corrected chi connectivity index (χ1v) is 11.7. The standard InChI is InChI=1S/C21H19NOSi/c1-24(2,3)11-10-14-8-9-17-18(12-14)22-19-13-15-6-4-5-7-16(15)21(23)20(17)19/h4-9,12,22H,13H2,1-3H3. The number of hydrogen-bond donors (Lipinski definition) is 1. The number of aromatic amines is 1. The average molecular weight is 329 g/mol. The van der Waals surface area contributed by atoms with E-state index in [4.69, 9.17) is 0 Å². The second-order valence-electron chi connectivity index (χ2n) is 7.40. The maximum Gasteiger partial charge on any atom is 0.195 e. The number of carbonyl (C=O) groups excluding carboxylic acids is 1. The summed E-state index contributed by atoms with van der Waals surface area (Å²) in [7, 11) is -1.40. The Balaban J connectivity index is 1.84. The summed E-state index contributed by atoms with van der Waals surface area (Å²) in [6, 6.07) is 14.0. The highest BCUT2D eigenvalue weighted by Gasteiger charge is 2.26. The van der Waals surface area contributed by atoms with E-state index < -0.39 is 8.07 Å². The van der Waals surface area contributed by atoms with Gasteiger partial charge in [-0.2, -0.15) is 0 Å². The third-order valence-electron chi connectivity index (χ3n) is 4.31. The molecule has 118 valence electrons. The largest absolute Gasteiger partial charge is 0.357 e. The molecule has 0 atom stereocenters. The average Bonchev–Trinajstić information content (AvgIpc) is 2.90. The van der Waals surface area contributed by atoms with Crippen LogP contribution in [0.4, 0.5) is 0 Å². The van der Waals surface area contributed by atoms with Crippen LogP contribution in [0.5, 0.6) is 0 Å². The van der Waals surface area contributed by atoms with Gasteiger partial charge in [-0.15, -0.1) is 5.54 Å². The number of rotatable bonds is 0. The number of benzene rings is 2. The van der Waals surface area contributed by atoms with Gasteiger partial charge in [0.1, 0.15) is 8.07 Å². The predicted molar refractivity (Wildman–Crippen MR) is 101 cm³/mol. The van der Waals surface area contributed by atoms with Gasteiger partial charge in [0.05, 0.1) is 5.56 Å². The van der Waals surface area contributed by atoms with E-state index in [1.165, 1.54) is 0 Å². The molecule has 1 N–H and O–H groups in total. The maximum absolute atomic E-state index is 12.9. The van der Waals surface area contributed by atoms with Gasteiger partial charge in [0.25, 0.3) is 0 Å². The van der Waals surface area contributed by atoms with Gasteiger partial charge in [-0.3, -0.25) is 4.79 Å². The first-order chi connectivity index (χ1) is 11.4. The van der Waals surface area contributed by atoms with Crippen molar-refractivity contribution in [2.75, 3.05) is 0 Å². The molecule has 0 unspecified atom stereocenters. The second kappa shape index (κ2) is 5.22. The Hall–Kier alpha value is -2.57. The number of aromatic nitrogens is 1. The lowest BCUT2D eigenvalue weighted by Crippen LogP contribution is -2.16. The highest BCUT2D eigenvalue weighted by molar-refractivity contribution is 6.83. The molecule has 1 heterocycles. The van der Waals surface area contributed by atoms with Gasteiger partial charge in [0, 0.05) is 34.1 Å². The maximum atomic E-state index is 12.9. The van der Waals surface area contributed by atoms with Gasteiger partial charge in [0.15, 0.2) is 5.78 Å². The van der Waals surface area contributed by atoms with E-state index in [2.05, 4.69) is 42.2 Å². The molecule has 2 nitrogen and oxygen atoms in total. The minimum atomic E-state index is -1.40. The molecule has 0 radical (unpaired) electrons. The summed E-state index contributed by atoms with van der Waals surface area (Å²) in [6.45, 7) is 6.71. The van der Waals surface area contributed by atoms with Crippen LogP contribution >= 0.6 is 0 Å². The van der Waals surface area contributed by atoms with Crippen molar-refractivity contribution in [2.24, 2.45) is 0 Å². The third kappa shape index (κ3) is 2.49. The van der Waals surface area contributed by atoms with Crippen LogP contribution in [-0.2, 0) is 6.42 Å². The van der Waals surface area contributed by atoms with Crippen molar-refractivity contribution >= 4 is 24.8 Å². The summed E-state index contributed by atoms with van der Waals surface area (Å²) >= 11 is 0. The van der Waals surface area contributed by atoms with E-state index in [0.29, 0.717) is 0 Å². The molecule has 3 heteroatoms. The molecular weight excluding hydrogens is 310 g/mol. The molecule has 0 amide bonds. The Labute approximate surface area is 142 Å². The molecule has 1 aliphatic rings. The molecule has 0 fully saturated rings. The van der Waals surface area contributed by atoms with Gasteiger partial charge < -0.3 is 4.98 Å². The molecule has 0 saturated carbocycles. The van der Waals surface area contributed by atoms with Gasteiger partial charge in [-0.05, 0) is 17.7 Å². The van der Waals surface area contributed by atoms with Crippen molar-refractivity contribution < 1.29 is 4.79 Å². The number of carbonyl (C=O) groups is 1. The Kier molecular flexibility index (Phi) is 3.26. The molecule has 2 aromatic carbocycles. The molecule has 4 rings (SSSR count). The van der Waals surface area contributed by atoms with Crippen molar-refractivity contribution in [3.63, 3.8) is 0 Å². The number of ketones is 1. The van der Waals surface area contributed by atoms with Crippen LogP contribution in [0.2, 0.25) is 19.6 Å². The Morgan fingerprint density at radius 2 is 1.88 bits per heavy atom. The van der Waals surface area contributed by atoms with Crippen LogP contribution in [0, 0.1) is 11.5 Å². The molecular formula is C21H19NOSi. The van der Waals surface area contributed by atoms with Crippen molar-refractivity contribution in [1.82, 2.24) is 4.98 Å². The zero-order valence-electron chi connectivity index (χ0n) is 14.2. The fourth-order valence-corrected chi connectivity index (χ4v) is 3.72. The molecule has 1 aromatic heterocycles. The van der Waals surface area contributed by atoms with Gasteiger partial charge >= 0.3 is 0 Å². The molecule has 0 saturated heterocycles. The predicted octanol–water partition coefficient (Wildman–Crippen LogP) is 4.53. The molecule has 0 aliphatic heterocycles. The van der Waals surface area contributed by atoms with Crippen molar-refractivity contribution in [3.05, 3.63) is 70.4 Å². The van der Waals surface area contributed by atoms with Crippen molar-refractivity contribution in [3.8, 4) is 11.5 Å². The van der Waals surface area contributed by atoms with E-state index in [0.717, 1.165) is 45.3 Å². The van der Waals surface area contributed by atoms with Gasteiger partial charge in [0.2, 0.25) is 0 Å². The van der Waals surface area contributed by atoms with Gasteiger partial charge in [-0.1, -0.05) is 55.9 Å². The van der Waals surface area contributed by atoms with Crippen molar-refractivity contribution in [1.29, 1.82) is 0 Å². The van der Waals surface area contributed by atoms with Crippen LogP contribution < -0.4 is 0 Å². The molecule has 0 bridgehead atoms. The number of nitrogens with one attached hydrogen (secondary N) is 1. The summed E-state index contributed by atoms with van der Waals surface area (Å²) in [5.74, 6) is 3.42. The van der Waals surface area contributed by atoms with E-state index >= 15 is 0 Å². The lowest BCUT2D eigenvalue weighted by molar-refractivity contribution is 0.103. The van der Waals surface area contributed by atoms with Crippen molar-refractivity contribution in [2.45, 2.75) is 26.1 Å². The Morgan fingerprint density at radius 3 is 2.67 bits per heavy atom. The first-order valence-electron chi connectivity index (χ1n) is 8.23. The molecule has 24 heavy (non-hydrogen) atoms. The highest BCUT2D eigenvalue weighted by atomic mass is 28.3. The third-order valence-corrected chi connectivity index (χ3v) is 5.19. The SMILES string of the molecule is C[Si](C)(C)C#Cc1ccc2c3c([nH]c2c1)Cc1ccccc1C3=O. The summed E-state index contributed by atoms with van der Waals surface area (Å²) in [5.41, 5.74) is 9.18. The fourth-order valence-electron chi connectivity index (χ4n) is 3.20. The second-order valence-corrected chi connectivity index (χ2v) is 12.2. The topological polar surface area (TPSA) is 32.9 Å². The quantitative estimate of drug-likeness (QED) is 0.373. The zero-order chi connectivity index (χ0) is 16.9. The van der Waals surface area contributed by atoms with Crippen LogP contribution in [0.3, 0.4) is 0 Å². The number of fused-ring (bicyclic) bond motifs is 4. The van der Waals surface area contributed by atoms with Crippen LogP contribution in [0.15, 0.2) is 42.5 Å². The molecule has 0 spiro atoms. The minimum Gasteiger partial charge on any atom is -0.357 e. The zero-order valence-corrected chi connectivity index (χ0v) is 15.2. The molecule has 3 aromatic rings. The normalized spacial score (nSPS) is 13.2. The summed E-state index contributed by atoms with van der Waals surface area (Å²) in [5, 5.41) is 1.00. The summed E-state index contributed by atoms with van der Waals surface area (Å²) < 4.78 is 0. The van der Waals surface area contributed by atoms with E-state index in [1.54, 1.807) is 0 Å². The number of H-pyrrole nitrogens is 1. The Bertz CT molecular complexity index is 1040. The monoisotopic (exact) mass is 329 g/mol. The van der Waals surface area contributed by atoms with E-state index in [9.17, 15) is 4.79 Å². The smallest absolute Gasteiger partial charge is 0.195 e. The number of hydrogen-bond acceptors (Lipinski definition) is 1. The van der Waals surface area contributed by atoms with Crippen LogP contribution in [-0.4, -0.2) is 18.8 Å². The van der Waals surface area contributed by atoms with Gasteiger partial charge in [-0.25, -0.2) is 0 Å². The molecule has 1 aliphatic carbocycles. The lowest BCUT2D eigenvalue weighted by atomic mass is 9.88. The fraction of sp³-hybridized carbons (Fsp3) is 0.190. The van der Waals surface area contributed by atoms with E-state index in [1.807, 2.05) is 36.4 Å². The van der Waals surface area contributed by atoms with Crippen LogP contribution in [0.25, 0.3) is 10.9 Å². The summed E-state index contributed by atoms with van der Waals surface area (Å²) in [6.07, 6.45) is 0.780. The minimum absolute atomic E-state index is 0.124. The first kappa shape index (κ1) is 15.0. The van der Waals surface area contributed by atoms with Crippen LogP contribution in [0.1, 0.15) is 32.7 Å². The summed E-state index contributed by atoms with van der Waals surface area (Å²) in [4.78, 5) is 16.3. The highest BCUT2D eigenvalue weighted by Crippen LogP contribution is 2.32.